The number of esters is 1. The van der Waals surface area contributed by atoms with E-state index >= 15 is 0 Å². The molecule has 1 aromatic carbocycles. The van der Waals surface area contributed by atoms with Crippen molar-refractivity contribution in [3.8, 4) is 0 Å². The van der Waals surface area contributed by atoms with E-state index in [1.807, 2.05) is 0 Å². The molecule has 0 heterocycles. The van der Waals surface area contributed by atoms with Gasteiger partial charge in [0, 0.05) is 12.1 Å². The minimum absolute atomic E-state index is 0.129. The van der Waals surface area contributed by atoms with Crippen molar-refractivity contribution in [2.24, 2.45) is 0 Å². The molecule has 1 aromatic rings. The standard InChI is InChI=1S/C15H19NO6S/c1-11(15(17)22-13-5-3-2-4-6-13)23(20,21)14-9-7-12(8-10-14)16(18)19/h7-11,13H,2-6H2,1H3. The van der Waals surface area contributed by atoms with Gasteiger partial charge in [-0.05, 0) is 44.7 Å². The molecule has 1 unspecified atom stereocenters. The van der Waals surface area contributed by atoms with Crippen LogP contribution in [0.1, 0.15) is 39.0 Å². The van der Waals surface area contributed by atoms with E-state index in [1.54, 1.807) is 0 Å². The SMILES string of the molecule is CC(C(=O)OC1CCCCC1)S(=O)(=O)c1ccc([N+](=O)[O-])cc1. The summed E-state index contributed by atoms with van der Waals surface area (Å²) in [5, 5.41) is 9.27. The second-order valence-corrected chi connectivity index (χ2v) is 7.90. The molecule has 0 aliphatic heterocycles. The molecule has 0 amide bonds. The van der Waals surface area contributed by atoms with Gasteiger partial charge in [0.1, 0.15) is 6.10 Å². The second-order valence-electron chi connectivity index (χ2n) is 5.64. The molecule has 2 rings (SSSR count). The van der Waals surface area contributed by atoms with Gasteiger partial charge in [-0.25, -0.2) is 8.42 Å². The fourth-order valence-electron chi connectivity index (χ4n) is 2.53. The quantitative estimate of drug-likeness (QED) is 0.463. The molecule has 0 aromatic heterocycles. The van der Waals surface area contributed by atoms with Crippen molar-refractivity contribution in [1.82, 2.24) is 0 Å². The Balaban J connectivity index is 2.10. The monoisotopic (exact) mass is 341 g/mol. The van der Waals surface area contributed by atoms with Crippen molar-refractivity contribution in [2.75, 3.05) is 0 Å². The highest BCUT2D eigenvalue weighted by Gasteiger charge is 2.33. The first-order chi connectivity index (χ1) is 10.8. The number of benzene rings is 1. The van der Waals surface area contributed by atoms with E-state index in [1.165, 1.54) is 6.92 Å². The first kappa shape index (κ1) is 17.4. The molecule has 23 heavy (non-hydrogen) atoms. The number of sulfone groups is 1. The number of carbonyl (C=O) groups is 1. The van der Waals surface area contributed by atoms with E-state index in [-0.39, 0.29) is 16.7 Å². The van der Waals surface area contributed by atoms with Crippen LogP contribution in [0.25, 0.3) is 0 Å². The van der Waals surface area contributed by atoms with Crippen LogP contribution in [-0.4, -0.2) is 30.7 Å². The van der Waals surface area contributed by atoms with Gasteiger partial charge >= 0.3 is 5.97 Å². The van der Waals surface area contributed by atoms with Crippen LogP contribution < -0.4 is 0 Å². The maximum atomic E-state index is 12.4. The van der Waals surface area contributed by atoms with Crippen LogP contribution in [0.5, 0.6) is 0 Å². The predicted molar refractivity (Wildman–Crippen MR) is 82.7 cm³/mol. The smallest absolute Gasteiger partial charge is 0.324 e. The van der Waals surface area contributed by atoms with Crippen LogP contribution in [0.3, 0.4) is 0 Å². The summed E-state index contributed by atoms with van der Waals surface area (Å²) < 4.78 is 30.1. The van der Waals surface area contributed by atoms with Gasteiger partial charge in [0.15, 0.2) is 15.1 Å². The van der Waals surface area contributed by atoms with Gasteiger partial charge in [0.05, 0.1) is 9.82 Å². The third-order valence-corrected chi connectivity index (χ3v) is 6.06. The summed E-state index contributed by atoms with van der Waals surface area (Å²) in [5.41, 5.74) is -0.207. The molecule has 1 saturated carbocycles. The number of hydrogen-bond acceptors (Lipinski definition) is 6. The minimum atomic E-state index is -3.93. The lowest BCUT2D eigenvalue weighted by Gasteiger charge is -2.23. The Labute approximate surface area is 134 Å². The number of nitro benzene ring substituents is 1. The Hall–Kier alpha value is -1.96. The highest BCUT2D eigenvalue weighted by Crippen LogP contribution is 2.24. The number of nitro groups is 1. The van der Waals surface area contributed by atoms with E-state index < -0.39 is 26.0 Å². The van der Waals surface area contributed by atoms with Crippen molar-refractivity contribution >= 4 is 21.5 Å². The maximum absolute atomic E-state index is 12.4. The van der Waals surface area contributed by atoms with Crippen LogP contribution in [0.15, 0.2) is 29.2 Å². The molecule has 7 nitrogen and oxygen atoms in total. The van der Waals surface area contributed by atoms with Crippen LogP contribution in [0.2, 0.25) is 0 Å². The lowest BCUT2D eigenvalue weighted by Crippen LogP contribution is -2.33. The first-order valence-corrected chi connectivity index (χ1v) is 9.06. The Morgan fingerprint density at radius 1 is 1.22 bits per heavy atom. The van der Waals surface area contributed by atoms with Gasteiger partial charge in [0.25, 0.3) is 5.69 Å². The maximum Gasteiger partial charge on any atom is 0.324 e. The fraction of sp³-hybridized carbons (Fsp3) is 0.533. The Morgan fingerprint density at radius 3 is 2.30 bits per heavy atom. The third-order valence-electron chi connectivity index (χ3n) is 4.01. The summed E-state index contributed by atoms with van der Waals surface area (Å²) in [5.74, 6) is -0.768. The van der Waals surface area contributed by atoms with Crippen LogP contribution >= 0.6 is 0 Å². The summed E-state index contributed by atoms with van der Waals surface area (Å²) in [4.78, 5) is 22.0. The van der Waals surface area contributed by atoms with Crippen molar-refractivity contribution < 1.29 is 22.9 Å². The van der Waals surface area contributed by atoms with E-state index in [0.29, 0.717) is 0 Å². The Morgan fingerprint density at radius 2 is 1.78 bits per heavy atom. The van der Waals surface area contributed by atoms with Crippen molar-refractivity contribution in [1.29, 1.82) is 0 Å². The summed E-state index contributed by atoms with van der Waals surface area (Å²) in [6, 6.07) is 4.48. The van der Waals surface area contributed by atoms with E-state index in [9.17, 15) is 23.3 Å². The molecule has 0 radical (unpaired) electrons. The van der Waals surface area contributed by atoms with Gasteiger partial charge in [-0.2, -0.15) is 0 Å². The molecule has 0 bridgehead atoms. The highest BCUT2D eigenvalue weighted by molar-refractivity contribution is 7.92. The normalized spacial score (nSPS) is 17.4. The highest BCUT2D eigenvalue weighted by atomic mass is 32.2. The summed E-state index contributed by atoms with van der Waals surface area (Å²) in [6.07, 6.45) is 4.35. The number of carbonyl (C=O) groups excluding carboxylic acids is 1. The van der Waals surface area contributed by atoms with Crippen molar-refractivity contribution in [2.45, 2.75) is 55.3 Å². The molecule has 1 aliphatic rings. The third kappa shape index (κ3) is 4.07. The van der Waals surface area contributed by atoms with Gasteiger partial charge in [-0.3, -0.25) is 14.9 Å². The zero-order valence-corrected chi connectivity index (χ0v) is 13.6. The molecule has 0 N–H and O–H groups in total. The molecule has 1 aliphatic carbocycles. The number of ether oxygens (including phenoxy) is 1. The second kappa shape index (κ2) is 7.08. The van der Waals surface area contributed by atoms with Crippen molar-refractivity contribution in [3.63, 3.8) is 0 Å². The van der Waals surface area contributed by atoms with Gasteiger partial charge in [0.2, 0.25) is 0 Å². The number of non-ortho nitro benzene ring substituents is 1. The van der Waals surface area contributed by atoms with Crippen LogP contribution in [-0.2, 0) is 19.4 Å². The lowest BCUT2D eigenvalue weighted by molar-refractivity contribution is -0.384. The van der Waals surface area contributed by atoms with E-state index in [4.69, 9.17) is 4.74 Å². The molecule has 126 valence electrons. The average Bonchev–Trinajstić information content (AvgIpc) is 2.55. The summed E-state index contributed by atoms with van der Waals surface area (Å²) in [7, 11) is -3.93. The van der Waals surface area contributed by atoms with Gasteiger partial charge in [-0.15, -0.1) is 0 Å². The molecule has 0 spiro atoms. The molecule has 1 fully saturated rings. The Bertz CT molecular complexity index is 676. The molecule has 0 saturated heterocycles. The summed E-state index contributed by atoms with van der Waals surface area (Å²) >= 11 is 0. The predicted octanol–water partition coefficient (Wildman–Crippen LogP) is 2.63. The molecular weight excluding hydrogens is 322 g/mol. The molecule has 8 heteroatoms. The molecular formula is C15H19NO6S. The largest absolute Gasteiger partial charge is 0.461 e. The lowest BCUT2D eigenvalue weighted by atomic mass is 9.98. The van der Waals surface area contributed by atoms with Crippen molar-refractivity contribution in [3.05, 3.63) is 34.4 Å². The van der Waals surface area contributed by atoms with Crippen LogP contribution in [0.4, 0.5) is 5.69 Å². The van der Waals surface area contributed by atoms with E-state index in [0.717, 1.165) is 56.4 Å². The average molecular weight is 341 g/mol. The summed E-state index contributed by atoms with van der Waals surface area (Å²) in [6.45, 7) is 1.28. The van der Waals surface area contributed by atoms with Crippen LogP contribution in [0, 0.1) is 10.1 Å². The van der Waals surface area contributed by atoms with E-state index in [2.05, 4.69) is 0 Å². The molecule has 1 atom stereocenters. The van der Waals surface area contributed by atoms with Gasteiger partial charge < -0.3 is 4.74 Å². The Kier molecular flexibility index (Phi) is 5.35. The zero-order valence-electron chi connectivity index (χ0n) is 12.8. The minimum Gasteiger partial charge on any atom is -0.461 e. The number of nitrogens with zero attached hydrogens (tertiary/aromatic N) is 1. The topological polar surface area (TPSA) is 104 Å². The van der Waals surface area contributed by atoms with Gasteiger partial charge in [-0.1, -0.05) is 6.42 Å². The number of rotatable bonds is 5. The number of hydrogen-bond donors (Lipinski definition) is 0. The fourth-order valence-corrected chi connectivity index (χ4v) is 3.76. The zero-order chi connectivity index (χ0) is 17.0. The first-order valence-electron chi connectivity index (χ1n) is 7.51.